The smallest absolute Gasteiger partial charge is 0.342 e. The molecule has 1 aliphatic rings. The van der Waals surface area contributed by atoms with Crippen molar-refractivity contribution in [1.82, 2.24) is 0 Å². The summed E-state index contributed by atoms with van der Waals surface area (Å²) in [5.74, 6) is -1.54. The zero-order chi connectivity index (χ0) is 17.3. The van der Waals surface area contributed by atoms with Crippen LogP contribution in [0.15, 0.2) is 59.7 Å². The van der Waals surface area contributed by atoms with E-state index in [1.54, 1.807) is 24.3 Å². The first-order valence-corrected chi connectivity index (χ1v) is 7.61. The molecule has 0 unspecified atom stereocenters. The van der Waals surface area contributed by atoms with E-state index in [9.17, 15) is 14.4 Å². The number of fused-ring (bicyclic) bond motifs is 1. The van der Waals surface area contributed by atoms with E-state index in [1.165, 1.54) is 6.92 Å². The van der Waals surface area contributed by atoms with Gasteiger partial charge in [0.15, 0.2) is 5.78 Å². The molecule has 0 bridgehead atoms. The lowest BCUT2D eigenvalue weighted by molar-refractivity contribution is -0.139. The average molecular weight is 320 g/mol. The Morgan fingerprint density at radius 2 is 1.46 bits per heavy atom. The number of carbonyl (C=O) groups is 3. The molecule has 1 aliphatic carbocycles. The number of aryl methyl sites for hydroxylation is 1. The van der Waals surface area contributed by atoms with Crippen molar-refractivity contribution in [3.63, 3.8) is 0 Å². The molecule has 0 radical (unpaired) electrons. The second kappa shape index (κ2) is 6.24. The fourth-order valence-electron chi connectivity index (χ4n) is 2.65. The van der Waals surface area contributed by atoms with Crippen molar-refractivity contribution in [1.29, 1.82) is 0 Å². The maximum Gasteiger partial charge on any atom is 0.342 e. The Hall–Kier alpha value is -3.01. The van der Waals surface area contributed by atoms with Crippen molar-refractivity contribution in [2.24, 2.45) is 0 Å². The average Bonchev–Trinajstić information content (AvgIpc) is 2.59. The van der Waals surface area contributed by atoms with E-state index in [-0.39, 0.29) is 29.1 Å². The maximum atomic E-state index is 12.6. The summed E-state index contributed by atoms with van der Waals surface area (Å²) in [7, 11) is 0. The largest absolute Gasteiger partial charge is 0.457 e. The molecule has 4 nitrogen and oxygen atoms in total. The highest BCUT2D eigenvalue weighted by molar-refractivity contribution is 6.35. The second-order valence-corrected chi connectivity index (χ2v) is 5.77. The van der Waals surface area contributed by atoms with Crippen LogP contribution in [0.3, 0.4) is 0 Å². The quantitative estimate of drug-likeness (QED) is 0.642. The fraction of sp³-hybridized carbons (Fsp3) is 0.150. The molecule has 0 amide bonds. The number of Topliss-reactive ketones (excluding diaryl/α,β-unsaturated/α-hetero) is 2. The van der Waals surface area contributed by atoms with E-state index in [0.717, 1.165) is 11.1 Å². The molecule has 0 saturated heterocycles. The number of ketones is 2. The van der Waals surface area contributed by atoms with Crippen LogP contribution < -0.4 is 0 Å². The van der Waals surface area contributed by atoms with E-state index in [1.807, 2.05) is 31.2 Å². The molecule has 24 heavy (non-hydrogen) atoms. The summed E-state index contributed by atoms with van der Waals surface area (Å²) in [4.78, 5) is 37.3. The molecule has 3 rings (SSSR count). The molecule has 0 heterocycles. The van der Waals surface area contributed by atoms with Gasteiger partial charge < -0.3 is 4.74 Å². The summed E-state index contributed by atoms with van der Waals surface area (Å²) in [6, 6.07) is 14.0. The minimum absolute atomic E-state index is 0.0546. The van der Waals surface area contributed by atoms with Crippen LogP contribution in [-0.4, -0.2) is 17.5 Å². The monoisotopic (exact) mass is 320 g/mol. The minimum atomic E-state index is -0.763. The lowest BCUT2D eigenvalue weighted by Gasteiger charge is -2.18. The van der Waals surface area contributed by atoms with Gasteiger partial charge in [0.25, 0.3) is 0 Å². The first kappa shape index (κ1) is 15.9. The maximum absolute atomic E-state index is 12.6. The van der Waals surface area contributed by atoms with E-state index >= 15 is 0 Å². The number of rotatable bonds is 3. The van der Waals surface area contributed by atoms with Gasteiger partial charge in [-0.2, -0.15) is 0 Å². The number of hydrogen-bond donors (Lipinski definition) is 0. The lowest BCUT2D eigenvalue weighted by atomic mass is 9.85. The van der Waals surface area contributed by atoms with Crippen LogP contribution in [0.25, 0.3) is 0 Å². The molecule has 0 aromatic heterocycles. The predicted molar refractivity (Wildman–Crippen MR) is 88.8 cm³/mol. The number of ether oxygens (including phenoxy) is 1. The zero-order valence-electron chi connectivity index (χ0n) is 13.5. The van der Waals surface area contributed by atoms with Crippen LogP contribution >= 0.6 is 0 Å². The topological polar surface area (TPSA) is 60.4 Å². The van der Waals surface area contributed by atoms with E-state index in [2.05, 4.69) is 0 Å². The van der Waals surface area contributed by atoms with Crippen LogP contribution in [-0.2, 0) is 16.1 Å². The summed E-state index contributed by atoms with van der Waals surface area (Å²) in [6.45, 7) is 3.51. The summed E-state index contributed by atoms with van der Waals surface area (Å²) in [6.07, 6.45) is 0. The Kier molecular flexibility index (Phi) is 4.13. The van der Waals surface area contributed by atoms with Crippen molar-refractivity contribution >= 4 is 17.5 Å². The van der Waals surface area contributed by atoms with Crippen molar-refractivity contribution < 1.29 is 19.1 Å². The first-order valence-electron chi connectivity index (χ1n) is 7.61. The molecule has 0 fully saturated rings. The number of carbonyl (C=O) groups excluding carboxylic acids is 3. The molecule has 2 aromatic carbocycles. The molecule has 0 saturated carbocycles. The highest BCUT2D eigenvalue weighted by atomic mass is 16.5. The van der Waals surface area contributed by atoms with E-state index < -0.39 is 11.8 Å². The molecule has 0 N–H and O–H groups in total. The lowest BCUT2D eigenvalue weighted by Crippen LogP contribution is -2.26. The van der Waals surface area contributed by atoms with Crippen molar-refractivity contribution in [2.45, 2.75) is 20.5 Å². The van der Waals surface area contributed by atoms with Gasteiger partial charge in [-0.05, 0) is 19.4 Å². The molecular formula is C20H16O4. The Morgan fingerprint density at radius 1 is 0.875 bits per heavy atom. The summed E-state index contributed by atoms with van der Waals surface area (Å²) in [5.41, 5.74) is 2.46. The van der Waals surface area contributed by atoms with Gasteiger partial charge in [-0.1, -0.05) is 54.1 Å². The molecule has 0 aliphatic heterocycles. The number of benzene rings is 2. The summed E-state index contributed by atoms with van der Waals surface area (Å²) >= 11 is 0. The Morgan fingerprint density at radius 3 is 2.08 bits per heavy atom. The predicted octanol–water partition coefficient (Wildman–Crippen LogP) is 3.43. The van der Waals surface area contributed by atoms with Gasteiger partial charge in [-0.25, -0.2) is 4.79 Å². The van der Waals surface area contributed by atoms with Gasteiger partial charge in [-0.15, -0.1) is 0 Å². The Labute approximate surface area is 139 Å². The van der Waals surface area contributed by atoms with Crippen molar-refractivity contribution in [2.75, 3.05) is 0 Å². The molecule has 0 atom stereocenters. The van der Waals surface area contributed by atoms with Gasteiger partial charge >= 0.3 is 5.97 Å². The molecule has 120 valence electrons. The molecule has 2 aromatic rings. The van der Waals surface area contributed by atoms with Crippen LogP contribution in [0.1, 0.15) is 38.8 Å². The van der Waals surface area contributed by atoms with Crippen LogP contribution in [0.2, 0.25) is 0 Å². The third kappa shape index (κ3) is 2.78. The standard InChI is InChI=1S/C20H16O4/c1-12-7-9-14(10-8-12)11-24-20(23)17-13(2)18(21)15-5-3-4-6-16(15)19(17)22/h3-10H,11H2,1-2H3. The highest BCUT2D eigenvalue weighted by Crippen LogP contribution is 2.27. The molecular weight excluding hydrogens is 304 g/mol. The van der Waals surface area contributed by atoms with Crippen LogP contribution in [0.5, 0.6) is 0 Å². The second-order valence-electron chi connectivity index (χ2n) is 5.77. The normalized spacial score (nSPS) is 13.8. The van der Waals surface area contributed by atoms with Gasteiger partial charge in [0.1, 0.15) is 12.2 Å². The molecule has 4 heteroatoms. The highest BCUT2D eigenvalue weighted by Gasteiger charge is 2.34. The van der Waals surface area contributed by atoms with Crippen LogP contribution in [0, 0.1) is 6.92 Å². The SMILES string of the molecule is CC1=C(C(=O)OCc2ccc(C)cc2)C(=O)c2ccccc2C1=O. The zero-order valence-corrected chi connectivity index (χ0v) is 13.5. The third-order valence-corrected chi connectivity index (χ3v) is 4.05. The number of allylic oxidation sites excluding steroid dienone is 1. The fourth-order valence-corrected chi connectivity index (χ4v) is 2.65. The van der Waals surface area contributed by atoms with Crippen LogP contribution in [0.4, 0.5) is 0 Å². The molecule has 0 spiro atoms. The van der Waals surface area contributed by atoms with E-state index in [0.29, 0.717) is 5.56 Å². The van der Waals surface area contributed by atoms with Crippen molar-refractivity contribution in [3.05, 3.63) is 81.9 Å². The van der Waals surface area contributed by atoms with Gasteiger partial charge in [-0.3, -0.25) is 9.59 Å². The van der Waals surface area contributed by atoms with Gasteiger partial charge in [0.2, 0.25) is 5.78 Å². The minimum Gasteiger partial charge on any atom is -0.457 e. The summed E-state index contributed by atoms with van der Waals surface area (Å²) in [5, 5.41) is 0. The van der Waals surface area contributed by atoms with Gasteiger partial charge in [0, 0.05) is 16.7 Å². The Bertz CT molecular complexity index is 873. The number of hydrogen-bond acceptors (Lipinski definition) is 4. The number of esters is 1. The summed E-state index contributed by atoms with van der Waals surface area (Å²) < 4.78 is 5.24. The Balaban J connectivity index is 1.84. The first-order chi connectivity index (χ1) is 11.5. The van der Waals surface area contributed by atoms with E-state index in [4.69, 9.17) is 4.74 Å². The van der Waals surface area contributed by atoms with Crippen molar-refractivity contribution in [3.8, 4) is 0 Å². The van der Waals surface area contributed by atoms with Gasteiger partial charge in [0.05, 0.1) is 0 Å². The third-order valence-electron chi connectivity index (χ3n) is 4.05.